The van der Waals surface area contributed by atoms with Crippen molar-refractivity contribution >= 4 is 22.8 Å². The lowest BCUT2D eigenvalue weighted by Crippen LogP contribution is -2.72. The predicted octanol–water partition coefficient (Wildman–Crippen LogP) is 3.04. The zero-order valence-electron chi connectivity index (χ0n) is 31.2. The molecule has 2 aliphatic carbocycles. The van der Waals surface area contributed by atoms with Crippen molar-refractivity contribution in [3.05, 3.63) is 93.0 Å². The number of halogens is 1. The van der Waals surface area contributed by atoms with Gasteiger partial charge in [-0.15, -0.1) is 0 Å². The molecule has 0 radical (unpaired) electrons. The van der Waals surface area contributed by atoms with Crippen molar-refractivity contribution in [2.75, 3.05) is 66.1 Å². The number of rotatable bonds is 8. The summed E-state index contributed by atoms with van der Waals surface area (Å²) in [5.74, 6) is -0.281. The maximum absolute atomic E-state index is 14.6. The van der Waals surface area contributed by atoms with Gasteiger partial charge in [-0.3, -0.25) is 33.8 Å². The summed E-state index contributed by atoms with van der Waals surface area (Å²) in [6.45, 7) is 7.32. The summed E-state index contributed by atoms with van der Waals surface area (Å²) in [4.78, 5) is 64.7. The molecular weight excluding hydrogens is 704 g/mol. The molecule has 5 fully saturated rings. The number of carbonyl (C=O) groups is 2. The van der Waals surface area contributed by atoms with Crippen LogP contribution in [0, 0.1) is 5.82 Å². The Morgan fingerprint density at radius 2 is 1.55 bits per heavy atom. The zero-order chi connectivity index (χ0) is 37.8. The van der Waals surface area contributed by atoms with Gasteiger partial charge >= 0.3 is 5.69 Å². The molecule has 3 aliphatic heterocycles. The number of hydrogen-bond acceptors (Lipinski definition) is 9. The SMILES string of the molecule is CN1N(C2CCC(n3c(=O)c4cc(F)cnc4n(-c4cccc(-c5ccc(CN6CCN(CC(=O)N7CCOCC7)CC6)cc5)c4)c3=O)CC2)C(=O)C12CC2. The van der Waals surface area contributed by atoms with Crippen LogP contribution in [-0.4, -0.2) is 128 Å². The molecule has 1 spiro atoms. The third-order valence-electron chi connectivity index (χ3n) is 12.5. The van der Waals surface area contributed by atoms with Crippen LogP contribution in [0.2, 0.25) is 0 Å². The molecule has 288 valence electrons. The second kappa shape index (κ2) is 14.4. The fourth-order valence-electron chi connectivity index (χ4n) is 9.11. The number of benzene rings is 2. The third-order valence-corrected chi connectivity index (χ3v) is 12.5. The number of hydrazine groups is 1. The number of pyridine rings is 1. The molecule has 4 aromatic rings. The van der Waals surface area contributed by atoms with Gasteiger partial charge in [0.05, 0.1) is 37.0 Å². The van der Waals surface area contributed by atoms with E-state index in [1.54, 1.807) is 0 Å². The number of piperazine rings is 1. The first kappa shape index (κ1) is 35.9. The van der Waals surface area contributed by atoms with Crippen LogP contribution in [0.4, 0.5) is 4.39 Å². The zero-order valence-corrected chi connectivity index (χ0v) is 31.2. The van der Waals surface area contributed by atoms with E-state index in [4.69, 9.17) is 4.74 Å². The van der Waals surface area contributed by atoms with E-state index in [2.05, 4.69) is 44.1 Å². The normalized spacial score (nSPS) is 23.3. The molecule has 0 atom stereocenters. The van der Waals surface area contributed by atoms with Gasteiger partial charge in [0.15, 0.2) is 5.65 Å². The topological polar surface area (TPSA) is 116 Å². The first-order valence-corrected chi connectivity index (χ1v) is 19.6. The Balaban J connectivity index is 0.905. The van der Waals surface area contributed by atoms with Crippen LogP contribution < -0.4 is 11.2 Å². The smallest absolute Gasteiger partial charge is 0.337 e. The van der Waals surface area contributed by atoms with Gasteiger partial charge in [-0.25, -0.2) is 23.7 Å². The summed E-state index contributed by atoms with van der Waals surface area (Å²) in [5.41, 5.74) is 2.34. The largest absolute Gasteiger partial charge is 0.378 e. The van der Waals surface area contributed by atoms with Crippen LogP contribution in [0.3, 0.4) is 0 Å². The molecule has 3 saturated heterocycles. The Hall–Kier alpha value is -4.76. The lowest BCUT2D eigenvalue weighted by atomic mass is 9.89. The summed E-state index contributed by atoms with van der Waals surface area (Å²) >= 11 is 0. The van der Waals surface area contributed by atoms with Crippen molar-refractivity contribution < 1.29 is 18.7 Å². The van der Waals surface area contributed by atoms with Crippen LogP contribution in [0.1, 0.15) is 50.1 Å². The highest BCUT2D eigenvalue weighted by Gasteiger charge is 2.66. The van der Waals surface area contributed by atoms with Crippen LogP contribution in [0.5, 0.6) is 0 Å². The maximum atomic E-state index is 14.6. The van der Waals surface area contributed by atoms with Crippen molar-refractivity contribution in [3.63, 3.8) is 0 Å². The van der Waals surface area contributed by atoms with Gasteiger partial charge in [0.2, 0.25) is 5.91 Å². The monoisotopic (exact) mass is 750 g/mol. The molecule has 5 aliphatic rings. The minimum absolute atomic E-state index is 0.0356. The minimum atomic E-state index is -0.645. The lowest BCUT2D eigenvalue weighted by Gasteiger charge is -2.53. The number of aromatic nitrogens is 3. The van der Waals surface area contributed by atoms with Gasteiger partial charge in [0, 0.05) is 64.9 Å². The second-order valence-corrected chi connectivity index (χ2v) is 15.8. The van der Waals surface area contributed by atoms with Crippen LogP contribution in [-0.2, 0) is 20.9 Å². The molecule has 2 amide bonds. The Bertz CT molecular complexity index is 2230. The maximum Gasteiger partial charge on any atom is 0.337 e. The number of hydrogen-bond donors (Lipinski definition) is 0. The van der Waals surface area contributed by atoms with Gasteiger partial charge in [-0.2, -0.15) is 0 Å². The Labute approximate surface area is 318 Å². The third kappa shape index (κ3) is 6.58. The standard InChI is InChI=1S/C41H47FN8O5/c1-44-41(13-14-41)39(53)50(44)33-11-9-32(10-12-33)49-38(52)35-24-31(42)25-43-37(35)48(40(49)54)34-4-2-3-30(23-34)29-7-5-28(6-8-29)26-45-15-17-46(18-16-45)27-36(51)47-19-21-55-22-20-47/h2-8,23-25,32-33H,9-22,26-27H2,1H3. The van der Waals surface area contributed by atoms with Crippen molar-refractivity contribution in [1.29, 1.82) is 0 Å². The number of likely N-dealkylation sites (N-methyl/N-ethyl adjacent to an activating group) is 1. The van der Waals surface area contributed by atoms with Crippen LogP contribution in [0.15, 0.2) is 70.4 Å². The Morgan fingerprint density at radius 3 is 2.24 bits per heavy atom. The second-order valence-electron chi connectivity index (χ2n) is 15.8. The summed E-state index contributed by atoms with van der Waals surface area (Å²) in [6, 6.07) is 16.8. The fourth-order valence-corrected chi connectivity index (χ4v) is 9.11. The van der Waals surface area contributed by atoms with E-state index in [-0.39, 0.29) is 40.5 Å². The molecule has 2 saturated carbocycles. The van der Waals surface area contributed by atoms with E-state index >= 15 is 0 Å². The highest BCUT2D eigenvalue weighted by molar-refractivity contribution is 5.94. The van der Waals surface area contributed by atoms with Crippen molar-refractivity contribution in [1.82, 2.24) is 38.8 Å². The molecule has 55 heavy (non-hydrogen) atoms. The number of nitrogens with zero attached hydrogens (tertiary/aromatic N) is 8. The summed E-state index contributed by atoms with van der Waals surface area (Å²) < 4.78 is 22.7. The summed E-state index contributed by atoms with van der Waals surface area (Å²) in [6.07, 6.45) is 5.27. The van der Waals surface area contributed by atoms with Gasteiger partial charge in [0.25, 0.3) is 11.5 Å². The van der Waals surface area contributed by atoms with Gasteiger partial charge in [0.1, 0.15) is 11.4 Å². The molecular formula is C41H47FN8O5. The Kier molecular flexibility index (Phi) is 9.39. The molecule has 0 N–H and O–H groups in total. The van der Waals surface area contributed by atoms with Crippen molar-refractivity contribution in [3.8, 4) is 16.8 Å². The molecule has 9 rings (SSSR count). The van der Waals surface area contributed by atoms with Crippen molar-refractivity contribution in [2.45, 2.75) is 62.7 Å². The highest BCUT2D eigenvalue weighted by Crippen LogP contribution is 2.52. The summed E-state index contributed by atoms with van der Waals surface area (Å²) in [7, 11) is 1.97. The fraction of sp³-hybridized carbons (Fsp3) is 0.488. The average Bonchev–Trinajstić information content (AvgIpc) is 4.05. The van der Waals surface area contributed by atoms with Gasteiger partial charge in [-0.05, 0) is 73.4 Å². The quantitative estimate of drug-likeness (QED) is 0.268. The van der Waals surface area contributed by atoms with E-state index in [0.717, 1.165) is 62.9 Å². The molecule has 14 heteroatoms. The van der Waals surface area contributed by atoms with Crippen molar-refractivity contribution in [2.24, 2.45) is 0 Å². The predicted molar refractivity (Wildman–Crippen MR) is 204 cm³/mol. The van der Waals surface area contributed by atoms with E-state index in [1.165, 1.54) is 20.8 Å². The number of ether oxygens (including phenoxy) is 1. The highest BCUT2D eigenvalue weighted by atomic mass is 19.1. The molecule has 2 aromatic heterocycles. The Morgan fingerprint density at radius 1 is 0.855 bits per heavy atom. The van der Waals surface area contributed by atoms with Crippen LogP contribution in [0.25, 0.3) is 27.8 Å². The minimum Gasteiger partial charge on any atom is -0.378 e. The van der Waals surface area contributed by atoms with Crippen LogP contribution >= 0.6 is 0 Å². The number of carbonyl (C=O) groups excluding carboxylic acids is 2. The summed E-state index contributed by atoms with van der Waals surface area (Å²) in [5, 5.41) is 3.99. The van der Waals surface area contributed by atoms with E-state index in [0.29, 0.717) is 64.2 Å². The first-order valence-electron chi connectivity index (χ1n) is 19.6. The van der Waals surface area contributed by atoms with Gasteiger partial charge < -0.3 is 9.64 Å². The average molecular weight is 751 g/mol. The number of amides is 2. The van der Waals surface area contributed by atoms with E-state index in [1.807, 2.05) is 41.2 Å². The van der Waals surface area contributed by atoms with E-state index < -0.39 is 17.1 Å². The lowest BCUT2D eigenvalue weighted by molar-refractivity contribution is -0.207. The van der Waals surface area contributed by atoms with E-state index in [9.17, 15) is 23.6 Å². The molecule has 0 bridgehead atoms. The molecule has 2 aromatic carbocycles. The number of morpholine rings is 1. The number of fused-ring (bicyclic) bond motifs is 1. The first-order chi connectivity index (χ1) is 26.7. The van der Waals surface area contributed by atoms with Gasteiger partial charge in [-0.1, -0.05) is 36.4 Å². The molecule has 0 unspecified atom stereocenters. The molecule has 13 nitrogen and oxygen atoms in total. The molecule has 5 heterocycles.